The van der Waals surface area contributed by atoms with Crippen LogP contribution < -0.4 is 4.90 Å². The van der Waals surface area contributed by atoms with Gasteiger partial charge in [-0.1, -0.05) is 159 Å². The van der Waals surface area contributed by atoms with Crippen molar-refractivity contribution >= 4 is 17.1 Å². The first-order chi connectivity index (χ1) is 26.3. The Labute approximate surface area is 326 Å². The van der Waals surface area contributed by atoms with Crippen LogP contribution in [0.15, 0.2) is 152 Å². The Kier molecular flexibility index (Phi) is 7.85. The van der Waals surface area contributed by atoms with Crippen molar-refractivity contribution in [1.82, 2.24) is 9.97 Å². The molecule has 1 aliphatic heterocycles. The van der Waals surface area contributed by atoms with Crippen LogP contribution in [0, 0.1) is 0 Å². The maximum Gasteiger partial charge on any atom is 0.109 e. The van der Waals surface area contributed by atoms with Gasteiger partial charge in [-0.05, 0) is 92.7 Å². The predicted octanol–water partition coefficient (Wildman–Crippen LogP) is 13.2. The van der Waals surface area contributed by atoms with Gasteiger partial charge in [0.1, 0.15) is 5.41 Å². The first kappa shape index (κ1) is 34.9. The molecule has 3 heteroatoms. The van der Waals surface area contributed by atoms with Gasteiger partial charge >= 0.3 is 0 Å². The Morgan fingerprint density at radius 3 is 1.65 bits per heavy atom. The van der Waals surface area contributed by atoms with E-state index in [1.54, 1.807) is 0 Å². The van der Waals surface area contributed by atoms with Crippen molar-refractivity contribution in [1.29, 1.82) is 0 Å². The summed E-state index contributed by atoms with van der Waals surface area (Å²) in [5.41, 5.74) is 15.8. The molecule has 0 saturated carbocycles. The van der Waals surface area contributed by atoms with E-state index >= 15 is 0 Å². The van der Waals surface area contributed by atoms with E-state index in [-0.39, 0.29) is 16.2 Å². The molecule has 0 spiro atoms. The third kappa shape index (κ3) is 5.55. The van der Waals surface area contributed by atoms with Gasteiger partial charge in [-0.2, -0.15) is 0 Å². The maximum atomic E-state index is 5.74. The minimum absolute atomic E-state index is 0.0487. The molecule has 3 heterocycles. The molecular formula is C52H49N3. The van der Waals surface area contributed by atoms with Gasteiger partial charge < -0.3 is 4.90 Å². The Balaban J connectivity index is 1.45. The molecule has 1 unspecified atom stereocenters. The van der Waals surface area contributed by atoms with Gasteiger partial charge in [0.25, 0.3) is 0 Å². The molecular weight excluding hydrogens is 667 g/mol. The Hall–Kier alpha value is -5.80. The average molecular weight is 716 g/mol. The van der Waals surface area contributed by atoms with Gasteiger partial charge in [-0.15, -0.1) is 0 Å². The smallest absolute Gasteiger partial charge is 0.109 e. The van der Waals surface area contributed by atoms with Crippen molar-refractivity contribution in [2.75, 3.05) is 4.90 Å². The second-order valence-electron chi connectivity index (χ2n) is 18.0. The van der Waals surface area contributed by atoms with E-state index in [1.165, 1.54) is 33.4 Å². The Morgan fingerprint density at radius 1 is 0.455 bits per heavy atom. The van der Waals surface area contributed by atoms with Crippen molar-refractivity contribution in [3.8, 4) is 22.5 Å². The van der Waals surface area contributed by atoms with E-state index in [9.17, 15) is 0 Å². The lowest BCUT2D eigenvalue weighted by Gasteiger charge is -2.47. The SMILES string of the molecule is CC(C)(C)c1ccc(N2c3ccc(C(C)(C)C)cc3C3(c4cccc(-c5ccccc5)n4)c4cc(cc(-c5ccccc5)n4)C(C)(C)c4ccc2c3c4)cc1. The molecule has 9 rings (SSSR count). The number of anilines is 3. The van der Waals surface area contributed by atoms with Crippen LogP contribution in [0.25, 0.3) is 22.5 Å². The molecule has 5 aromatic carbocycles. The van der Waals surface area contributed by atoms with Gasteiger partial charge in [0.05, 0.1) is 34.2 Å². The highest BCUT2D eigenvalue weighted by Gasteiger charge is 2.51. The quantitative estimate of drug-likeness (QED) is 0.182. The lowest BCUT2D eigenvalue weighted by molar-refractivity contribution is 0.582. The number of hydrogen-bond acceptors (Lipinski definition) is 3. The summed E-state index contributed by atoms with van der Waals surface area (Å²) in [5, 5.41) is 0. The summed E-state index contributed by atoms with van der Waals surface area (Å²) in [4.78, 5) is 13.9. The molecule has 272 valence electrons. The fraction of sp³-hybridized carbons (Fsp3) is 0.231. The van der Waals surface area contributed by atoms with Crippen LogP contribution >= 0.6 is 0 Å². The normalized spacial score (nSPS) is 16.9. The molecule has 55 heavy (non-hydrogen) atoms. The predicted molar refractivity (Wildman–Crippen MR) is 229 cm³/mol. The largest absolute Gasteiger partial charge is 0.310 e. The topological polar surface area (TPSA) is 29.0 Å². The highest BCUT2D eigenvalue weighted by molar-refractivity contribution is 5.90. The minimum atomic E-state index is -0.843. The summed E-state index contributed by atoms with van der Waals surface area (Å²) < 4.78 is 0. The molecule has 7 aromatic rings. The average Bonchev–Trinajstić information content (AvgIpc) is 3.19. The van der Waals surface area contributed by atoms with Crippen LogP contribution in [-0.2, 0) is 21.7 Å². The lowest BCUT2D eigenvalue weighted by Crippen LogP contribution is -2.41. The maximum absolute atomic E-state index is 5.74. The summed E-state index contributed by atoms with van der Waals surface area (Å²) in [7, 11) is 0. The summed E-state index contributed by atoms with van der Waals surface area (Å²) in [6.45, 7) is 18.4. The number of pyridine rings is 2. The zero-order chi connectivity index (χ0) is 38.3. The van der Waals surface area contributed by atoms with Crippen molar-refractivity contribution in [2.24, 2.45) is 0 Å². The fourth-order valence-corrected chi connectivity index (χ4v) is 8.68. The van der Waals surface area contributed by atoms with Gasteiger partial charge in [0.2, 0.25) is 0 Å². The zero-order valence-corrected chi connectivity index (χ0v) is 33.3. The van der Waals surface area contributed by atoms with E-state index in [2.05, 4.69) is 212 Å². The second kappa shape index (κ2) is 12.4. The monoisotopic (exact) mass is 715 g/mol. The van der Waals surface area contributed by atoms with Crippen molar-refractivity contribution in [2.45, 2.75) is 77.0 Å². The van der Waals surface area contributed by atoms with Crippen LogP contribution in [0.1, 0.15) is 100 Å². The lowest BCUT2D eigenvalue weighted by atomic mass is 9.61. The van der Waals surface area contributed by atoms with Crippen LogP contribution in [0.3, 0.4) is 0 Å². The van der Waals surface area contributed by atoms with Crippen molar-refractivity contribution < 1.29 is 0 Å². The highest BCUT2D eigenvalue weighted by Crippen LogP contribution is 2.60. The molecule has 0 saturated heterocycles. The van der Waals surface area contributed by atoms with Crippen LogP contribution in [0.4, 0.5) is 17.1 Å². The molecule has 4 bridgehead atoms. The van der Waals surface area contributed by atoms with E-state index < -0.39 is 5.41 Å². The van der Waals surface area contributed by atoms with Crippen LogP contribution in [-0.4, -0.2) is 9.97 Å². The summed E-state index contributed by atoms with van der Waals surface area (Å²) in [6, 6.07) is 55.9. The number of rotatable bonds is 4. The minimum Gasteiger partial charge on any atom is -0.310 e. The van der Waals surface area contributed by atoms with Crippen LogP contribution in [0.2, 0.25) is 0 Å². The Morgan fingerprint density at radius 2 is 1.02 bits per heavy atom. The summed E-state index contributed by atoms with van der Waals surface area (Å²) in [5.74, 6) is 0. The van der Waals surface area contributed by atoms with E-state index in [4.69, 9.17) is 9.97 Å². The van der Waals surface area contributed by atoms with Crippen molar-refractivity contribution in [3.05, 3.63) is 196 Å². The number of fused-ring (bicyclic) bond motifs is 6. The van der Waals surface area contributed by atoms with E-state index in [0.29, 0.717) is 0 Å². The summed E-state index contributed by atoms with van der Waals surface area (Å²) >= 11 is 0. The van der Waals surface area contributed by atoms with Gasteiger partial charge in [-0.3, -0.25) is 9.97 Å². The van der Waals surface area contributed by atoms with Gasteiger partial charge in [0.15, 0.2) is 0 Å². The second-order valence-corrected chi connectivity index (χ2v) is 18.0. The molecule has 3 nitrogen and oxygen atoms in total. The number of hydrogen-bond donors (Lipinski definition) is 0. The highest BCUT2D eigenvalue weighted by atomic mass is 15.2. The molecule has 2 aromatic heterocycles. The third-order valence-corrected chi connectivity index (χ3v) is 12.1. The standard InChI is InChI=1S/C52H49N3/c1-49(2,3)36-22-26-40(27-23-36)55-45-28-24-37(50(4,5)6)30-41(45)52(47-21-15-20-43(53-47)34-16-11-9-12-17-34)42-31-38(25-29-46(42)55)51(7,8)39-32-44(54-48(52)33-39)35-18-13-10-14-19-35/h9-33H,1-8H3. The third-order valence-electron chi connectivity index (χ3n) is 12.1. The number of aromatic nitrogens is 2. The van der Waals surface area contributed by atoms with Crippen LogP contribution in [0.5, 0.6) is 0 Å². The van der Waals surface area contributed by atoms with E-state index in [0.717, 1.165) is 51.0 Å². The molecule has 0 fully saturated rings. The molecule has 2 aliphatic rings. The van der Waals surface area contributed by atoms with E-state index in [1.807, 2.05) is 0 Å². The van der Waals surface area contributed by atoms with Gasteiger partial charge in [0, 0.05) is 22.2 Å². The first-order valence-corrected chi connectivity index (χ1v) is 19.6. The van der Waals surface area contributed by atoms with Crippen molar-refractivity contribution in [3.63, 3.8) is 0 Å². The number of nitrogens with zero attached hydrogens (tertiary/aromatic N) is 3. The Bertz CT molecular complexity index is 2570. The molecule has 0 N–H and O–H groups in total. The molecule has 0 amide bonds. The molecule has 0 radical (unpaired) electrons. The fourth-order valence-electron chi connectivity index (χ4n) is 8.68. The van der Waals surface area contributed by atoms with Gasteiger partial charge in [-0.25, -0.2) is 0 Å². The molecule has 1 aliphatic carbocycles. The summed E-state index contributed by atoms with van der Waals surface area (Å²) in [6.07, 6.45) is 0. The first-order valence-electron chi connectivity index (χ1n) is 19.6. The molecule has 1 atom stereocenters. The number of benzene rings is 5. The zero-order valence-electron chi connectivity index (χ0n) is 33.3.